The van der Waals surface area contributed by atoms with E-state index in [1.165, 1.54) is 18.3 Å². The highest BCUT2D eigenvalue weighted by atomic mass is 35.5. The van der Waals surface area contributed by atoms with Crippen LogP contribution in [-0.2, 0) is 4.79 Å². The molecule has 4 N–H and O–H groups in total. The number of aromatic amines is 2. The number of hydrogen-bond acceptors (Lipinski definition) is 6. The van der Waals surface area contributed by atoms with E-state index < -0.39 is 17.2 Å². The fourth-order valence-electron chi connectivity index (χ4n) is 1.50. The van der Waals surface area contributed by atoms with Crippen molar-refractivity contribution in [2.45, 2.75) is 0 Å². The molecule has 2 aromatic rings. The molecule has 9 nitrogen and oxygen atoms in total. The van der Waals surface area contributed by atoms with Crippen LogP contribution in [0.25, 0.3) is 0 Å². The summed E-state index contributed by atoms with van der Waals surface area (Å²) in [6.45, 7) is -0.309. The van der Waals surface area contributed by atoms with Crippen molar-refractivity contribution in [2.75, 3.05) is 11.9 Å². The van der Waals surface area contributed by atoms with Crippen molar-refractivity contribution in [3.05, 3.63) is 53.6 Å². The van der Waals surface area contributed by atoms with E-state index in [2.05, 4.69) is 20.9 Å². The molecule has 0 saturated carbocycles. The van der Waals surface area contributed by atoms with E-state index in [-0.39, 0.29) is 17.4 Å². The van der Waals surface area contributed by atoms with Gasteiger partial charge in [-0.2, -0.15) is 5.10 Å². The maximum atomic E-state index is 11.6. The molecular weight excluding hydrogens is 383 g/mol. The van der Waals surface area contributed by atoms with Gasteiger partial charge in [0.15, 0.2) is 0 Å². The molecule has 0 spiro atoms. The first kappa shape index (κ1) is 18.0. The first-order valence-electron chi connectivity index (χ1n) is 6.26. The van der Waals surface area contributed by atoms with E-state index in [1.54, 1.807) is 0 Å². The Kier molecular flexibility index (Phi) is 5.96. The van der Waals surface area contributed by atoms with Gasteiger partial charge < -0.3 is 5.32 Å². The highest BCUT2D eigenvalue weighted by Gasteiger charge is 2.08. The second-order valence-electron chi connectivity index (χ2n) is 4.26. The molecule has 0 aliphatic carbocycles. The lowest BCUT2D eigenvalue weighted by Gasteiger charge is -2.04. The standard InChI is InChI=1S/C12H9Cl3N6O3/c13-6-1-2-7(14)9(15)5(6)3-17-19-8(22)4-16-10-11(23)18-12(24)21-20-10/h1-3H,4H2,(H,16,20)(H,19,22)(H2,18,21,23,24)/b17-3+. The quantitative estimate of drug-likeness (QED) is 0.343. The molecule has 0 saturated heterocycles. The molecule has 1 aromatic heterocycles. The molecular formula is C12H9Cl3N6O3. The second-order valence-corrected chi connectivity index (χ2v) is 5.45. The lowest BCUT2D eigenvalue weighted by atomic mass is 10.2. The van der Waals surface area contributed by atoms with Crippen LogP contribution in [0.1, 0.15) is 5.56 Å². The Balaban J connectivity index is 1.95. The monoisotopic (exact) mass is 390 g/mol. The molecule has 0 aliphatic rings. The van der Waals surface area contributed by atoms with Crippen molar-refractivity contribution in [2.24, 2.45) is 5.10 Å². The van der Waals surface area contributed by atoms with E-state index >= 15 is 0 Å². The molecule has 1 heterocycles. The van der Waals surface area contributed by atoms with Crippen molar-refractivity contribution >= 4 is 52.7 Å². The molecule has 1 aromatic carbocycles. The minimum absolute atomic E-state index is 0.198. The summed E-state index contributed by atoms with van der Waals surface area (Å²) >= 11 is 17.8. The van der Waals surface area contributed by atoms with Gasteiger partial charge in [0.05, 0.1) is 27.8 Å². The van der Waals surface area contributed by atoms with Gasteiger partial charge in [-0.3, -0.25) is 14.6 Å². The topological polar surface area (TPSA) is 132 Å². The van der Waals surface area contributed by atoms with E-state index in [9.17, 15) is 14.4 Å². The molecule has 0 fully saturated rings. The van der Waals surface area contributed by atoms with Crippen molar-refractivity contribution < 1.29 is 4.79 Å². The Labute approximate surface area is 149 Å². The van der Waals surface area contributed by atoms with Gasteiger partial charge in [0.25, 0.3) is 11.5 Å². The van der Waals surface area contributed by atoms with Crippen LogP contribution in [0, 0.1) is 0 Å². The first-order valence-corrected chi connectivity index (χ1v) is 7.40. The zero-order valence-electron chi connectivity index (χ0n) is 11.7. The number of rotatable bonds is 5. The minimum Gasteiger partial charge on any atom is -0.355 e. The predicted molar refractivity (Wildman–Crippen MR) is 91.2 cm³/mol. The Morgan fingerprint density at radius 1 is 1.25 bits per heavy atom. The highest BCUT2D eigenvalue weighted by molar-refractivity contribution is 6.45. The number of aromatic nitrogens is 3. The molecule has 0 unspecified atom stereocenters. The number of H-pyrrole nitrogens is 2. The summed E-state index contributed by atoms with van der Waals surface area (Å²) in [6.07, 6.45) is 1.24. The van der Waals surface area contributed by atoms with Crippen LogP contribution in [0.3, 0.4) is 0 Å². The zero-order valence-corrected chi connectivity index (χ0v) is 14.0. The predicted octanol–water partition coefficient (Wildman–Crippen LogP) is 0.981. The maximum absolute atomic E-state index is 11.6. The maximum Gasteiger partial charge on any atom is 0.342 e. The molecule has 1 amide bonds. The van der Waals surface area contributed by atoms with E-state index in [0.29, 0.717) is 15.6 Å². The summed E-state index contributed by atoms with van der Waals surface area (Å²) in [5, 5.41) is 12.4. The summed E-state index contributed by atoms with van der Waals surface area (Å²) in [6, 6.07) is 3.06. The van der Waals surface area contributed by atoms with E-state index in [4.69, 9.17) is 34.8 Å². The van der Waals surface area contributed by atoms with Crippen molar-refractivity contribution in [1.82, 2.24) is 20.6 Å². The van der Waals surface area contributed by atoms with Gasteiger partial charge >= 0.3 is 5.69 Å². The van der Waals surface area contributed by atoms with Gasteiger partial charge in [0, 0.05) is 5.56 Å². The molecule has 24 heavy (non-hydrogen) atoms. The number of carbonyl (C=O) groups excluding carboxylic acids is 1. The van der Waals surface area contributed by atoms with Crippen LogP contribution in [0.5, 0.6) is 0 Å². The van der Waals surface area contributed by atoms with Crippen LogP contribution < -0.4 is 22.0 Å². The normalized spacial score (nSPS) is 10.8. The van der Waals surface area contributed by atoms with Crippen LogP contribution in [0.15, 0.2) is 26.8 Å². The molecule has 0 radical (unpaired) electrons. The van der Waals surface area contributed by atoms with Gasteiger partial charge in [0.1, 0.15) is 0 Å². The highest BCUT2D eigenvalue weighted by Crippen LogP contribution is 2.29. The van der Waals surface area contributed by atoms with Gasteiger partial charge in [-0.15, -0.1) is 5.10 Å². The van der Waals surface area contributed by atoms with Crippen LogP contribution in [-0.4, -0.2) is 33.8 Å². The Bertz CT molecular complexity index is 908. The molecule has 0 atom stereocenters. The van der Waals surface area contributed by atoms with Crippen LogP contribution in [0.2, 0.25) is 15.1 Å². The third-order valence-corrected chi connectivity index (χ3v) is 3.74. The molecule has 0 aliphatic heterocycles. The summed E-state index contributed by atoms with van der Waals surface area (Å²) in [5.74, 6) is -0.789. The van der Waals surface area contributed by atoms with E-state index in [0.717, 1.165) is 0 Å². The summed E-state index contributed by atoms with van der Waals surface area (Å²) in [5.41, 5.74) is 1.04. The number of halogens is 3. The Morgan fingerprint density at radius 3 is 2.67 bits per heavy atom. The van der Waals surface area contributed by atoms with Gasteiger partial charge in [0.2, 0.25) is 5.82 Å². The number of carbonyl (C=O) groups is 1. The number of benzene rings is 1. The molecule has 0 bridgehead atoms. The minimum atomic E-state index is -0.757. The smallest absolute Gasteiger partial charge is 0.342 e. The Morgan fingerprint density at radius 2 is 1.96 bits per heavy atom. The Hall–Kier alpha value is -2.36. The third kappa shape index (κ3) is 4.57. The second kappa shape index (κ2) is 7.95. The van der Waals surface area contributed by atoms with E-state index in [1.807, 2.05) is 10.1 Å². The zero-order chi connectivity index (χ0) is 17.7. The fraction of sp³-hybridized carbons (Fsp3) is 0.0833. The molecule has 12 heteroatoms. The van der Waals surface area contributed by atoms with Crippen molar-refractivity contribution in [3.8, 4) is 0 Å². The average Bonchev–Trinajstić information content (AvgIpc) is 2.53. The van der Waals surface area contributed by atoms with Crippen LogP contribution in [0.4, 0.5) is 5.82 Å². The average molecular weight is 392 g/mol. The lowest BCUT2D eigenvalue weighted by Crippen LogP contribution is -2.31. The van der Waals surface area contributed by atoms with Gasteiger partial charge in [-0.1, -0.05) is 34.8 Å². The molecule has 2 rings (SSSR count). The number of hydrazone groups is 1. The largest absolute Gasteiger partial charge is 0.355 e. The number of amides is 1. The van der Waals surface area contributed by atoms with Crippen LogP contribution >= 0.6 is 34.8 Å². The lowest BCUT2D eigenvalue weighted by molar-refractivity contribution is -0.119. The van der Waals surface area contributed by atoms with Crippen molar-refractivity contribution in [1.29, 1.82) is 0 Å². The van der Waals surface area contributed by atoms with Gasteiger partial charge in [-0.25, -0.2) is 15.3 Å². The first-order chi connectivity index (χ1) is 11.4. The fourth-order valence-corrected chi connectivity index (χ4v) is 2.13. The van der Waals surface area contributed by atoms with Crippen molar-refractivity contribution in [3.63, 3.8) is 0 Å². The number of anilines is 1. The summed E-state index contributed by atoms with van der Waals surface area (Å²) in [4.78, 5) is 35.7. The molecule has 126 valence electrons. The number of nitrogens with zero attached hydrogens (tertiary/aromatic N) is 2. The third-order valence-electron chi connectivity index (χ3n) is 2.59. The number of hydrogen-bond donors (Lipinski definition) is 4. The van der Waals surface area contributed by atoms with Gasteiger partial charge in [-0.05, 0) is 12.1 Å². The summed E-state index contributed by atoms with van der Waals surface area (Å²) < 4.78 is 0. The number of nitrogens with one attached hydrogen (secondary N) is 4. The SMILES string of the molecule is O=C(CNc1n[nH]c(=O)[nH]c1=O)N/N=C/c1c(Cl)ccc(Cl)c1Cl. The summed E-state index contributed by atoms with van der Waals surface area (Å²) in [7, 11) is 0.